The molecule has 0 fully saturated rings. The molecule has 0 spiro atoms. The molecule has 12 rings (SSSR count). The van der Waals surface area contributed by atoms with Crippen molar-refractivity contribution in [2.24, 2.45) is 0 Å². The van der Waals surface area contributed by atoms with Crippen LogP contribution in [-0.4, -0.2) is 9.13 Å². The maximum Gasteiger partial charge on any atom is 0.0548 e. The van der Waals surface area contributed by atoms with E-state index in [1.165, 1.54) is 77.2 Å². The van der Waals surface area contributed by atoms with Crippen LogP contribution in [0.3, 0.4) is 0 Å². The van der Waals surface area contributed by atoms with E-state index in [1.54, 1.807) is 0 Å². The van der Waals surface area contributed by atoms with Crippen molar-refractivity contribution in [3.8, 4) is 33.6 Å². The molecule has 0 amide bonds. The summed E-state index contributed by atoms with van der Waals surface area (Å²) in [6, 6.07) is 67.7. The van der Waals surface area contributed by atoms with Crippen LogP contribution >= 0.6 is 0 Å². The molecule has 10 aromatic rings. The number of aromatic nitrogens is 2. The average Bonchev–Trinajstić information content (AvgIpc) is 3.96. The molecule has 0 bridgehead atoms. The highest BCUT2D eigenvalue weighted by Crippen LogP contribution is 2.53. The Bertz CT molecular complexity index is 3220. The average molecular weight is 758 g/mol. The van der Waals surface area contributed by atoms with Gasteiger partial charge in [-0.15, -0.1) is 0 Å². The van der Waals surface area contributed by atoms with Gasteiger partial charge in [-0.3, -0.25) is 0 Å². The Kier molecular flexibility index (Phi) is 7.03. The topological polar surface area (TPSA) is 13.1 Å². The standard InChI is InChI=1S/C56H43N3/c1-55(2)48-21-13-11-19-42(48)44-26-23-40(33-50(44)55)58(41-24-27-45-43-20-12-14-22-49(43)56(3,4)51(45)34-41)39-25-28-52-46(32-39)47-35-53-36(29-30-57(53)37-15-7-5-8-16-37)31-54(47)59(52)38-17-9-6-10-18-38/h5-35H,1-4H3. The Balaban J connectivity index is 1.12. The number of rotatable bonds is 5. The molecule has 282 valence electrons. The third kappa shape index (κ3) is 4.82. The minimum absolute atomic E-state index is 0.124. The van der Waals surface area contributed by atoms with Crippen LogP contribution in [0.4, 0.5) is 17.1 Å². The fraction of sp³-hybridized carbons (Fsp3) is 0.107. The second-order valence-corrected chi connectivity index (χ2v) is 17.5. The van der Waals surface area contributed by atoms with Crippen molar-refractivity contribution in [1.29, 1.82) is 0 Å². The highest BCUT2D eigenvalue weighted by Gasteiger charge is 2.38. The third-order valence-electron chi connectivity index (χ3n) is 13.5. The van der Waals surface area contributed by atoms with Crippen LogP contribution in [0.15, 0.2) is 188 Å². The molecule has 3 heteroatoms. The summed E-state index contributed by atoms with van der Waals surface area (Å²) in [5, 5.41) is 3.66. The predicted octanol–water partition coefficient (Wildman–Crippen LogP) is 14.8. The number of fused-ring (bicyclic) bond motifs is 10. The molecule has 2 aromatic heterocycles. The quantitative estimate of drug-likeness (QED) is 0.170. The van der Waals surface area contributed by atoms with E-state index >= 15 is 0 Å². The molecule has 2 heterocycles. The minimum Gasteiger partial charge on any atom is -0.317 e. The summed E-state index contributed by atoms with van der Waals surface area (Å²) in [5.74, 6) is 0. The number of nitrogens with zero attached hydrogens (tertiary/aromatic N) is 3. The molecular weight excluding hydrogens is 715 g/mol. The molecule has 2 aliphatic carbocycles. The lowest BCUT2D eigenvalue weighted by molar-refractivity contribution is 0.660. The Labute approximate surface area is 345 Å². The van der Waals surface area contributed by atoms with Crippen molar-refractivity contribution < 1.29 is 0 Å². The zero-order chi connectivity index (χ0) is 39.6. The van der Waals surface area contributed by atoms with E-state index in [1.807, 2.05) is 0 Å². The Morgan fingerprint density at radius 2 is 0.864 bits per heavy atom. The Morgan fingerprint density at radius 1 is 0.373 bits per heavy atom. The number of hydrogen-bond acceptors (Lipinski definition) is 1. The van der Waals surface area contributed by atoms with Crippen LogP contribution in [0, 0.1) is 0 Å². The van der Waals surface area contributed by atoms with Gasteiger partial charge >= 0.3 is 0 Å². The first kappa shape index (κ1) is 34.0. The number of anilines is 3. The number of benzene rings is 8. The van der Waals surface area contributed by atoms with Crippen molar-refractivity contribution in [2.45, 2.75) is 38.5 Å². The fourth-order valence-electron chi connectivity index (χ4n) is 10.6. The zero-order valence-corrected chi connectivity index (χ0v) is 33.7. The van der Waals surface area contributed by atoms with Gasteiger partial charge in [0.2, 0.25) is 0 Å². The van der Waals surface area contributed by atoms with Crippen LogP contribution in [-0.2, 0) is 10.8 Å². The first-order valence-corrected chi connectivity index (χ1v) is 20.8. The van der Waals surface area contributed by atoms with E-state index in [2.05, 4.69) is 230 Å². The smallest absolute Gasteiger partial charge is 0.0548 e. The van der Waals surface area contributed by atoms with Gasteiger partial charge in [-0.1, -0.05) is 125 Å². The second-order valence-electron chi connectivity index (χ2n) is 17.5. The normalized spacial score (nSPS) is 14.4. The second kappa shape index (κ2) is 12.2. The predicted molar refractivity (Wildman–Crippen MR) is 247 cm³/mol. The summed E-state index contributed by atoms with van der Waals surface area (Å²) in [4.78, 5) is 2.50. The van der Waals surface area contributed by atoms with Gasteiger partial charge in [0.05, 0.1) is 16.6 Å². The summed E-state index contributed by atoms with van der Waals surface area (Å²) < 4.78 is 4.74. The van der Waals surface area contributed by atoms with Crippen molar-refractivity contribution >= 4 is 49.8 Å². The minimum atomic E-state index is -0.124. The monoisotopic (exact) mass is 757 g/mol. The molecule has 2 aliphatic rings. The zero-order valence-electron chi connectivity index (χ0n) is 33.7. The van der Waals surface area contributed by atoms with Gasteiger partial charge < -0.3 is 14.0 Å². The lowest BCUT2D eigenvalue weighted by Crippen LogP contribution is -2.18. The van der Waals surface area contributed by atoms with Crippen molar-refractivity contribution in [2.75, 3.05) is 4.90 Å². The molecule has 8 aromatic carbocycles. The van der Waals surface area contributed by atoms with E-state index in [0.29, 0.717) is 0 Å². The molecule has 0 saturated carbocycles. The fourth-order valence-corrected chi connectivity index (χ4v) is 10.6. The maximum absolute atomic E-state index is 2.50. The maximum atomic E-state index is 2.50. The molecule has 0 N–H and O–H groups in total. The van der Waals surface area contributed by atoms with Gasteiger partial charge in [0, 0.05) is 61.6 Å². The van der Waals surface area contributed by atoms with Gasteiger partial charge in [0.1, 0.15) is 0 Å². The van der Waals surface area contributed by atoms with E-state index < -0.39 is 0 Å². The van der Waals surface area contributed by atoms with Gasteiger partial charge in [-0.2, -0.15) is 0 Å². The molecule has 0 atom stereocenters. The van der Waals surface area contributed by atoms with E-state index in [4.69, 9.17) is 0 Å². The SMILES string of the molecule is CC1(C)c2ccccc2-c2ccc(N(c3ccc4c(c3)C(C)(C)c3ccccc3-4)c3ccc4c(c3)c3cc5c(ccn5-c5ccccc5)cc3n4-c3ccccc3)cc21. The summed E-state index contributed by atoms with van der Waals surface area (Å²) in [7, 11) is 0. The van der Waals surface area contributed by atoms with Gasteiger partial charge in [0.25, 0.3) is 0 Å². The van der Waals surface area contributed by atoms with Gasteiger partial charge in [-0.25, -0.2) is 0 Å². The summed E-state index contributed by atoms with van der Waals surface area (Å²) in [6.45, 7) is 9.49. The number of para-hydroxylation sites is 2. The Morgan fingerprint density at radius 3 is 1.47 bits per heavy atom. The number of hydrogen-bond donors (Lipinski definition) is 0. The lowest BCUT2D eigenvalue weighted by Gasteiger charge is -2.30. The van der Waals surface area contributed by atoms with Gasteiger partial charge in [0.15, 0.2) is 0 Å². The van der Waals surface area contributed by atoms with Crippen LogP contribution in [0.2, 0.25) is 0 Å². The third-order valence-corrected chi connectivity index (χ3v) is 13.5. The molecule has 0 aliphatic heterocycles. The molecule has 3 nitrogen and oxygen atoms in total. The molecular formula is C56H43N3. The molecule has 0 unspecified atom stereocenters. The lowest BCUT2D eigenvalue weighted by atomic mass is 9.82. The first-order valence-electron chi connectivity index (χ1n) is 20.8. The Hall–Kier alpha value is -7.10. The van der Waals surface area contributed by atoms with Gasteiger partial charge in [-0.05, 0) is 129 Å². The molecule has 59 heavy (non-hydrogen) atoms. The highest BCUT2D eigenvalue weighted by atomic mass is 15.1. The van der Waals surface area contributed by atoms with E-state index in [9.17, 15) is 0 Å². The summed E-state index contributed by atoms with van der Waals surface area (Å²) in [6.07, 6.45) is 2.20. The summed E-state index contributed by atoms with van der Waals surface area (Å²) in [5.41, 5.74) is 19.9. The van der Waals surface area contributed by atoms with E-state index in [0.717, 1.165) is 28.4 Å². The van der Waals surface area contributed by atoms with Crippen molar-refractivity contribution in [1.82, 2.24) is 9.13 Å². The van der Waals surface area contributed by atoms with Crippen LogP contribution in [0.5, 0.6) is 0 Å². The van der Waals surface area contributed by atoms with E-state index in [-0.39, 0.29) is 10.8 Å². The van der Waals surface area contributed by atoms with Crippen LogP contribution in [0.1, 0.15) is 49.9 Å². The summed E-state index contributed by atoms with van der Waals surface area (Å²) >= 11 is 0. The molecule has 0 radical (unpaired) electrons. The van der Waals surface area contributed by atoms with Crippen LogP contribution in [0.25, 0.3) is 66.3 Å². The highest BCUT2D eigenvalue weighted by molar-refractivity contribution is 6.14. The molecule has 0 saturated heterocycles. The van der Waals surface area contributed by atoms with Crippen LogP contribution < -0.4 is 4.90 Å². The van der Waals surface area contributed by atoms with Crippen molar-refractivity contribution in [3.05, 3.63) is 210 Å². The van der Waals surface area contributed by atoms with Crippen molar-refractivity contribution in [3.63, 3.8) is 0 Å². The first-order chi connectivity index (χ1) is 28.8. The largest absolute Gasteiger partial charge is 0.317 e.